The monoisotopic (exact) mass is 386 g/mol. The number of benzene rings is 2. The Kier molecular flexibility index (Phi) is 6.91. The third-order valence-electron chi connectivity index (χ3n) is 4.55. The number of hydrogen-bond acceptors (Lipinski definition) is 4. The molecule has 1 saturated heterocycles. The van der Waals surface area contributed by atoms with Gasteiger partial charge in [0.15, 0.2) is 5.96 Å². The summed E-state index contributed by atoms with van der Waals surface area (Å²) in [5.41, 5.74) is 1.45. The SMILES string of the molecule is O=[N+]([O-])c1ccc(CN=C(NCc2ccccc2F)NCC2CCOC2)cc1. The number of nitrogens with zero attached hydrogens (tertiary/aromatic N) is 2. The van der Waals surface area contributed by atoms with Crippen LogP contribution in [0.1, 0.15) is 17.5 Å². The van der Waals surface area contributed by atoms with Crippen LogP contribution in [0.25, 0.3) is 0 Å². The van der Waals surface area contributed by atoms with Crippen molar-refractivity contribution in [2.75, 3.05) is 19.8 Å². The van der Waals surface area contributed by atoms with Gasteiger partial charge in [0, 0.05) is 43.3 Å². The molecule has 2 N–H and O–H groups in total. The second-order valence-corrected chi connectivity index (χ2v) is 6.64. The third-order valence-corrected chi connectivity index (χ3v) is 4.55. The Bertz CT molecular complexity index is 820. The quantitative estimate of drug-likeness (QED) is 0.331. The van der Waals surface area contributed by atoms with Crippen molar-refractivity contribution in [1.82, 2.24) is 10.6 Å². The first-order valence-electron chi connectivity index (χ1n) is 9.18. The molecule has 2 aromatic rings. The number of guanidine groups is 1. The van der Waals surface area contributed by atoms with Crippen LogP contribution in [-0.2, 0) is 17.8 Å². The molecular weight excluding hydrogens is 363 g/mol. The number of nitro groups is 1. The van der Waals surface area contributed by atoms with Gasteiger partial charge in [-0.15, -0.1) is 0 Å². The summed E-state index contributed by atoms with van der Waals surface area (Å²) in [6, 6.07) is 12.9. The van der Waals surface area contributed by atoms with E-state index in [1.807, 2.05) is 0 Å². The Balaban J connectivity index is 1.64. The van der Waals surface area contributed by atoms with Crippen molar-refractivity contribution < 1.29 is 14.1 Å². The summed E-state index contributed by atoms with van der Waals surface area (Å²) >= 11 is 0. The second kappa shape index (κ2) is 9.80. The molecule has 0 aliphatic carbocycles. The predicted molar refractivity (Wildman–Crippen MR) is 104 cm³/mol. The Labute approximate surface area is 162 Å². The van der Waals surface area contributed by atoms with Gasteiger partial charge in [-0.3, -0.25) is 10.1 Å². The van der Waals surface area contributed by atoms with E-state index in [9.17, 15) is 14.5 Å². The van der Waals surface area contributed by atoms with Gasteiger partial charge in [-0.25, -0.2) is 9.38 Å². The van der Waals surface area contributed by atoms with Crippen LogP contribution in [0.3, 0.4) is 0 Å². The molecule has 2 aromatic carbocycles. The van der Waals surface area contributed by atoms with Crippen LogP contribution in [0.15, 0.2) is 53.5 Å². The zero-order valence-electron chi connectivity index (χ0n) is 15.4. The molecule has 0 amide bonds. The normalized spacial score (nSPS) is 16.8. The Morgan fingerprint density at radius 3 is 2.68 bits per heavy atom. The molecule has 0 bridgehead atoms. The first-order chi connectivity index (χ1) is 13.6. The number of hydrogen-bond donors (Lipinski definition) is 2. The van der Waals surface area contributed by atoms with E-state index in [0.29, 0.717) is 37.1 Å². The summed E-state index contributed by atoms with van der Waals surface area (Å²) < 4.78 is 19.2. The fraction of sp³-hybridized carbons (Fsp3) is 0.350. The molecule has 1 unspecified atom stereocenters. The minimum absolute atomic E-state index is 0.0463. The molecule has 7 nitrogen and oxygen atoms in total. The average Bonchev–Trinajstić information content (AvgIpc) is 3.22. The number of rotatable bonds is 7. The van der Waals surface area contributed by atoms with E-state index in [2.05, 4.69) is 15.6 Å². The standard InChI is InChI=1S/C20H23FN4O3/c21-19-4-2-1-3-17(19)13-24-20(23-12-16-9-10-28-14-16)22-11-15-5-7-18(8-6-15)25(26)27/h1-8,16H,9-14H2,(H2,22,23,24). The zero-order valence-corrected chi connectivity index (χ0v) is 15.4. The number of nitro benzene ring substituents is 1. The summed E-state index contributed by atoms with van der Waals surface area (Å²) in [7, 11) is 0. The first-order valence-corrected chi connectivity index (χ1v) is 9.18. The Morgan fingerprint density at radius 1 is 1.21 bits per heavy atom. The van der Waals surface area contributed by atoms with Crippen molar-refractivity contribution in [3.05, 3.63) is 75.6 Å². The molecule has 0 aromatic heterocycles. The third kappa shape index (κ3) is 5.75. The van der Waals surface area contributed by atoms with E-state index < -0.39 is 4.92 Å². The van der Waals surface area contributed by atoms with E-state index in [4.69, 9.17) is 4.74 Å². The maximum atomic E-state index is 13.9. The fourth-order valence-electron chi connectivity index (χ4n) is 2.87. The van der Waals surface area contributed by atoms with Gasteiger partial charge < -0.3 is 15.4 Å². The van der Waals surface area contributed by atoms with Crippen molar-refractivity contribution in [1.29, 1.82) is 0 Å². The van der Waals surface area contributed by atoms with Crippen LogP contribution in [0, 0.1) is 21.8 Å². The Hall–Kier alpha value is -3.00. The van der Waals surface area contributed by atoms with Gasteiger partial charge in [0.25, 0.3) is 5.69 Å². The highest BCUT2D eigenvalue weighted by Crippen LogP contribution is 2.13. The molecule has 1 aliphatic heterocycles. The van der Waals surface area contributed by atoms with Crippen molar-refractivity contribution in [2.24, 2.45) is 10.9 Å². The lowest BCUT2D eigenvalue weighted by Gasteiger charge is -2.15. The van der Waals surface area contributed by atoms with Crippen LogP contribution in [0.5, 0.6) is 0 Å². The fourth-order valence-corrected chi connectivity index (χ4v) is 2.87. The minimum Gasteiger partial charge on any atom is -0.381 e. The summed E-state index contributed by atoms with van der Waals surface area (Å²) in [5, 5.41) is 17.2. The van der Waals surface area contributed by atoms with Gasteiger partial charge in [0.05, 0.1) is 18.1 Å². The molecular formula is C20H23FN4O3. The lowest BCUT2D eigenvalue weighted by atomic mass is 10.1. The highest BCUT2D eigenvalue weighted by atomic mass is 19.1. The molecule has 3 rings (SSSR count). The van der Waals surface area contributed by atoms with Crippen molar-refractivity contribution in [3.8, 4) is 0 Å². The lowest BCUT2D eigenvalue weighted by molar-refractivity contribution is -0.384. The number of halogens is 1. The summed E-state index contributed by atoms with van der Waals surface area (Å²) in [4.78, 5) is 14.9. The number of aliphatic imine (C=N–C) groups is 1. The number of non-ortho nitro benzene ring substituents is 1. The molecule has 1 heterocycles. The van der Waals surface area contributed by atoms with Gasteiger partial charge in [-0.05, 0) is 18.1 Å². The second-order valence-electron chi connectivity index (χ2n) is 6.64. The van der Waals surface area contributed by atoms with Crippen molar-refractivity contribution in [3.63, 3.8) is 0 Å². The Morgan fingerprint density at radius 2 is 2.00 bits per heavy atom. The van der Waals surface area contributed by atoms with Gasteiger partial charge in [-0.1, -0.05) is 30.3 Å². The smallest absolute Gasteiger partial charge is 0.269 e. The molecule has 28 heavy (non-hydrogen) atoms. The molecule has 8 heteroatoms. The highest BCUT2D eigenvalue weighted by molar-refractivity contribution is 5.79. The maximum Gasteiger partial charge on any atom is 0.269 e. The van der Waals surface area contributed by atoms with Gasteiger partial charge in [-0.2, -0.15) is 0 Å². The molecule has 1 aliphatic rings. The summed E-state index contributed by atoms with van der Waals surface area (Å²) in [6.45, 7) is 2.86. The van der Waals surface area contributed by atoms with Gasteiger partial charge >= 0.3 is 0 Å². The predicted octanol–water partition coefficient (Wildman–Crippen LogP) is 3.01. The van der Waals surface area contributed by atoms with E-state index >= 15 is 0 Å². The maximum absolute atomic E-state index is 13.9. The van der Waals surface area contributed by atoms with E-state index in [-0.39, 0.29) is 11.5 Å². The average molecular weight is 386 g/mol. The van der Waals surface area contributed by atoms with E-state index in [0.717, 1.165) is 25.2 Å². The van der Waals surface area contributed by atoms with Crippen LogP contribution >= 0.6 is 0 Å². The first kappa shape index (κ1) is 19.8. The lowest BCUT2D eigenvalue weighted by Crippen LogP contribution is -2.39. The molecule has 0 radical (unpaired) electrons. The molecule has 0 saturated carbocycles. The number of ether oxygens (including phenoxy) is 1. The van der Waals surface area contributed by atoms with Crippen LogP contribution in [-0.4, -0.2) is 30.6 Å². The van der Waals surface area contributed by atoms with Crippen molar-refractivity contribution >= 4 is 11.6 Å². The van der Waals surface area contributed by atoms with E-state index in [1.165, 1.54) is 18.2 Å². The van der Waals surface area contributed by atoms with Crippen LogP contribution in [0.2, 0.25) is 0 Å². The largest absolute Gasteiger partial charge is 0.381 e. The molecule has 1 atom stereocenters. The number of nitrogens with one attached hydrogen (secondary N) is 2. The minimum atomic E-state index is -0.431. The summed E-state index contributed by atoms with van der Waals surface area (Å²) in [5.74, 6) is 0.710. The van der Waals surface area contributed by atoms with Crippen LogP contribution < -0.4 is 10.6 Å². The molecule has 0 spiro atoms. The van der Waals surface area contributed by atoms with Crippen LogP contribution in [0.4, 0.5) is 10.1 Å². The summed E-state index contributed by atoms with van der Waals surface area (Å²) in [6.07, 6.45) is 0.996. The highest BCUT2D eigenvalue weighted by Gasteiger charge is 2.16. The van der Waals surface area contributed by atoms with E-state index in [1.54, 1.807) is 30.3 Å². The van der Waals surface area contributed by atoms with Gasteiger partial charge in [0.2, 0.25) is 0 Å². The zero-order chi connectivity index (χ0) is 19.8. The van der Waals surface area contributed by atoms with Gasteiger partial charge in [0.1, 0.15) is 5.82 Å². The molecule has 1 fully saturated rings. The van der Waals surface area contributed by atoms with Crippen molar-refractivity contribution in [2.45, 2.75) is 19.5 Å². The molecule has 148 valence electrons. The topological polar surface area (TPSA) is 88.8 Å².